The van der Waals surface area contributed by atoms with Crippen molar-refractivity contribution in [2.45, 2.75) is 32.4 Å². The van der Waals surface area contributed by atoms with Crippen LogP contribution in [0.3, 0.4) is 0 Å². The Balaban J connectivity index is 0.00000363. The molecule has 7 nitrogen and oxygen atoms in total. The first-order valence-electron chi connectivity index (χ1n) is 10.6. The minimum absolute atomic E-state index is 0. The minimum Gasteiger partial charge on any atom is -0.484 e. The fraction of sp³-hybridized carbons (Fsp3) is 0.391. The topological polar surface area (TPSA) is 92.0 Å². The van der Waals surface area contributed by atoms with Crippen molar-refractivity contribution in [2.75, 3.05) is 31.1 Å². The summed E-state index contributed by atoms with van der Waals surface area (Å²) in [7, 11) is 0. The summed E-state index contributed by atoms with van der Waals surface area (Å²) in [6.07, 6.45) is 2.16. The maximum absolute atomic E-state index is 10.9. The van der Waals surface area contributed by atoms with Crippen LogP contribution in [0.15, 0.2) is 53.5 Å². The van der Waals surface area contributed by atoms with Gasteiger partial charge in [0.15, 0.2) is 12.6 Å². The van der Waals surface area contributed by atoms with Crippen LogP contribution in [0.5, 0.6) is 5.75 Å². The number of hydrogen-bond acceptors (Lipinski definition) is 4. The number of ether oxygens (including phenoxy) is 1. The smallest absolute Gasteiger partial charge is 0.255 e. The number of carbonyl (C=O) groups is 1. The Morgan fingerprint density at radius 3 is 2.84 bits per heavy atom. The third-order valence-corrected chi connectivity index (χ3v) is 5.32. The lowest BCUT2D eigenvalue weighted by Gasteiger charge is -2.35. The summed E-state index contributed by atoms with van der Waals surface area (Å²) < 4.78 is 5.38. The molecule has 9 heteroatoms. The summed E-state index contributed by atoms with van der Waals surface area (Å²) in [6, 6.07) is 15.8. The highest BCUT2D eigenvalue weighted by molar-refractivity contribution is 14.0. The van der Waals surface area contributed by atoms with Crippen LogP contribution in [0.25, 0.3) is 0 Å². The molecule has 0 radical (unpaired) electrons. The Kier molecular flexibility index (Phi) is 10.9. The summed E-state index contributed by atoms with van der Waals surface area (Å²) >= 11 is 6.40. The van der Waals surface area contributed by atoms with Crippen LogP contribution in [0.2, 0.25) is 5.02 Å². The number of aliphatic imine (C=N–C) groups is 1. The molecule has 1 atom stereocenters. The zero-order valence-corrected chi connectivity index (χ0v) is 21.3. The number of carbonyl (C=O) groups excluding carboxylic acids is 1. The van der Waals surface area contributed by atoms with E-state index in [0.717, 1.165) is 54.7 Å². The lowest BCUT2D eigenvalue weighted by Crippen LogP contribution is -2.51. The first kappa shape index (κ1) is 26.1. The maximum Gasteiger partial charge on any atom is 0.255 e. The third-order valence-electron chi connectivity index (χ3n) is 5.00. The van der Waals surface area contributed by atoms with Crippen LogP contribution in [0, 0.1) is 0 Å². The molecular weight excluding hydrogens is 541 g/mol. The van der Waals surface area contributed by atoms with Gasteiger partial charge in [0.1, 0.15) is 5.75 Å². The van der Waals surface area contributed by atoms with Gasteiger partial charge in [0, 0.05) is 25.7 Å². The number of primary amides is 1. The molecule has 0 spiro atoms. The van der Waals surface area contributed by atoms with E-state index in [0.29, 0.717) is 12.3 Å². The molecule has 3 rings (SSSR count). The molecule has 1 fully saturated rings. The molecule has 1 heterocycles. The number of anilines is 1. The van der Waals surface area contributed by atoms with E-state index in [1.807, 2.05) is 43.3 Å². The first-order valence-corrected chi connectivity index (χ1v) is 11.0. The molecule has 0 aromatic heterocycles. The van der Waals surface area contributed by atoms with Gasteiger partial charge >= 0.3 is 0 Å². The van der Waals surface area contributed by atoms with Gasteiger partial charge in [-0.25, -0.2) is 4.99 Å². The number of nitrogens with two attached hydrogens (primary N) is 1. The number of amides is 1. The van der Waals surface area contributed by atoms with Crippen LogP contribution < -0.4 is 26.0 Å². The van der Waals surface area contributed by atoms with Crippen molar-refractivity contribution in [1.82, 2.24) is 10.6 Å². The van der Waals surface area contributed by atoms with Crippen LogP contribution >= 0.6 is 35.6 Å². The Hall–Kier alpha value is -2.20. The van der Waals surface area contributed by atoms with Crippen molar-refractivity contribution in [3.63, 3.8) is 0 Å². The number of benzene rings is 2. The monoisotopic (exact) mass is 571 g/mol. The molecular formula is C23H31ClIN5O2. The lowest BCUT2D eigenvalue weighted by molar-refractivity contribution is -0.119. The SMILES string of the molecule is CCNC(=NCc1cccc(OCC(N)=O)c1)NC1CCCN(c2ccccc2Cl)C1.I. The van der Waals surface area contributed by atoms with E-state index in [9.17, 15) is 4.79 Å². The van der Waals surface area contributed by atoms with Gasteiger partial charge in [-0.15, -0.1) is 24.0 Å². The van der Waals surface area contributed by atoms with Gasteiger partial charge in [-0.2, -0.15) is 0 Å². The van der Waals surface area contributed by atoms with Gasteiger partial charge in [0.25, 0.3) is 5.91 Å². The van der Waals surface area contributed by atoms with Gasteiger partial charge in [-0.1, -0.05) is 35.9 Å². The lowest BCUT2D eigenvalue weighted by atomic mass is 10.0. The van der Waals surface area contributed by atoms with Crippen molar-refractivity contribution in [2.24, 2.45) is 10.7 Å². The van der Waals surface area contributed by atoms with Crippen LogP contribution in [0.4, 0.5) is 5.69 Å². The second-order valence-electron chi connectivity index (χ2n) is 7.48. The molecule has 1 aliphatic rings. The van der Waals surface area contributed by atoms with Crippen molar-refractivity contribution < 1.29 is 9.53 Å². The van der Waals surface area contributed by atoms with E-state index in [4.69, 9.17) is 27.1 Å². The van der Waals surface area contributed by atoms with E-state index in [2.05, 4.69) is 21.6 Å². The molecule has 1 aliphatic heterocycles. The van der Waals surface area contributed by atoms with Gasteiger partial charge in [-0.05, 0) is 49.6 Å². The summed E-state index contributed by atoms with van der Waals surface area (Å²) in [4.78, 5) is 18.0. The standard InChI is InChI=1S/C23H30ClN5O2.HI/c1-2-26-23(27-14-17-7-5-9-19(13-17)31-16-22(25)30)28-18-8-6-12-29(15-18)21-11-4-3-10-20(21)24;/h3-5,7,9-11,13,18H,2,6,8,12,14-16H2,1H3,(H2,25,30)(H2,26,27,28);1H. The fourth-order valence-electron chi connectivity index (χ4n) is 3.59. The molecule has 1 saturated heterocycles. The number of nitrogens with one attached hydrogen (secondary N) is 2. The Labute approximate surface area is 211 Å². The third kappa shape index (κ3) is 8.05. The second kappa shape index (κ2) is 13.4. The van der Waals surface area contributed by atoms with Gasteiger partial charge < -0.3 is 26.0 Å². The second-order valence-corrected chi connectivity index (χ2v) is 7.89. The predicted molar refractivity (Wildman–Crippen MR) is 141 cm³/mol. The molecule has 1 unspecified atom stereocenters. The molecule has 4 N–H and O–H groups in total. The van der Waals surface area contributed by atoms with Crippen molar-refractivity contribution in [1.29, 1.82) is 0 Å². The molecule has 2 aromatic rings. The molecule has 32 heavy (non-hydrogen) atoms. The number of para-hydroxylation sites is 1. The predicted octanol–water partition coefficient (Wildman–Crippen LogP) is 3.55. The fourth-order valence-corrected chi connectivity index (χ4v) is 3.85. The normalized spacial score (nSPS) is 16.1. The minimum atomic E-state index is -0.500. The van der Waals surface area contributed by atoms with Gasteiger partial charge in [-0.3, -0.25) is 4.79 Å². The Morgan fingerprint density at radius 1 is 1.28 bits per heavy atom. The highest BCUT2D eigenvalue weighted by Crippen LogP contribution is 2.27. The molecule has 0 bridgehead atoms. The number of rotatable bonds is 8. The van der Waals surface area contributed by atoms with Crippen molar-refractivity contribution in [3.05, 3.63) is 59.1 Å². The van der Waals surface area contributed by atoms with E-state index in [1.165, 1.54) is 0 Å². The average molecular weight is 572 g/mol. The highest BCUT2D eigenvalue weighted by Gasteiger charge is 2.22. The number of hydrogen-bond donors (Lipinski definition) is 3. The summed E-state index contributed by atoms with van der Waals surface area (Å²) in [5.74, 6) is 0.879. The van der Waals surface area contributed by atoms with Crippen LogP contribution in [-0.4, -0.2) is 44.1 Å². The first-order chi connectivity index (χ1) is 15.0. The molecule has 1 amide bonds. The largest absolute Gasteiger partial charge is 0.484 e. The molecule has 2 aromatic carbocycles. The van der Waals surface area contributed by atoms with E-state index >= 15 is 0 Å². The number of halogens is 2. The maximum atomic E-state index is 10.9. The molecule has 0 aliphatic carbocycles. The van der Waals surface area contributed by atoms with E-state index < -0.39 is 5.91 Å². The van der Waals surface area contributed by atoms with E-state index in [1.54, 1.807) is 6.07 Å². The number of nitrogens with zero attached hydrogens (tertiary/aromatic N) is 2. The Morgan fingerprint density at radius 2 is 2.09 bits per heavy atom. The van der Waals surface area contributed by atoms with Gasteiger partial charge in [0.2, 0.25) is 0 Å². The molecule has 174 valence electrons. The Bertz CT molecular complexity index is 911. The van der Waals surface area contributed by atoms with E-state index in [-0.39, 0.29) is 36.6 Å². The van der Waals surface area contributed by atoms with Crippen LogP contribution in [-0.2, 0) is 11.3 Å². The summed E-state index contributed by atoms with van der Waals surface area (Å²) in [5, 5.41) is 7.67. The number of guanidine groups is 1. The van der Waals surface area contributed by atoms with Gasteiger partial charge in [0.05, 0.1) is 17.3 Å². The zero-order chi connectivity index (χ0) is 22.1. The number of piperidine rings is 1. The molecule has 0 saturated carbocycles. The van der Waals surface area contributed by atoms with Crippen LogP contribution in [0.1, 0.15) is 25.3 Å². The summed E-state index contributed by atoms with van der Waals surface area (Å²) in [5.41, 5.74) is 7.20. The quantitative estimate of drug-likeness (QED) is 0.256. The van der Waals surface area contributed by atoms with Crippen molar-refractivity contribution in [3.8, 4) is 5.75 Å². The zero-order valence-electron chi connectivity index (χ0n) is 18.2. The van der Waals surface area contributed by atoms with Crippen molar-refractivity contribution >= 4 is 53.1 Å². The summed E-state index contributed by atoms with van der Waals surface area (Å²) in [6.45, 7) is 5.03. The average Bonchev–Trinajstić information content (AvgIpc) is 2.77. The highest BCUT2D eigenvalue weighted by atomic mass is 127.